The van der Waals surface area contributed by atoms with Crippen LogP contribution in [-0.2, 0) is 24.2 Å². The van der Waals surface area contributed by atoms with E-state index in [2.05, 4.69) is 12.0 Å². The first-order chi connectivity index (χ1) is 8.10. The second-order valence-electron chi connectivity index (χ2n) is 4.56. The molecule has 2 N–H and O–H groups in total. The molecule has 17 heavy (non-hydrogen) atoms. The Balaban J connectivity index is 2.66. The van der Waals surface area contributed by atoms with Crippen LogP contribution in [0.3, 0.4) is 0 Å². The van der Waals surface area contributed by atoms with Crippen LogP contribution in [0.1, 0.15) is 38.6 Å². The zero-order chi connectivity index (χ0) is 12.8. The van der Waals surface area contributed by atoms with E-state index in [1.165, 1.54) is 0 Å². The number of nitrogens with zero attached hydrogens (tertiary/aromatic N) is 2. The molecule has 1 unspecified atom stereocenters. The predicted octanol–water partition coefficient (Wildman–Crippen LogP) is 1.56. The molecule has 0 aliphatic rings. The largest absolute Gasteiger partial charge is 0.330 e. The van der Waals surface area contributed by atoms with Gasteiger partial charge in [0.2, 0.25) is 0 Å². The van der Waals surface area contributed by atoms with Gasteiger partial charge in [0.05, 0.1) is 5.69 Å². The Labute approximate surface area is 103 Å². The molecule has 4 heteroatoms. The molecule has 1 aromatic heterocycles. The van der Waals surface area contributed by atoms with E-state index < -0.39 is 0 Å². The summed E-state index contributed by atoms with van der Waals surface area (Å²) in [5.41, 5.74) is 7.61. The third-order valence-corrected chi connectivity index (χ3v) is 2.93. The van der Waals surface area contributed by atoms with Gasteiger partial charge in [0.1, 0.15) is 5.78 Å². The van der Waals surface area contributed by atoms with Crippen molar-refractivity contribution in [3.05, 3.63) is 17.5 Å². The number of hydrogen-bond acceptors (Lipinski definition) is 3. The van der Waals surface area contributed by atoms with Gasteiger partial charge in [-0.25, -0.2) is 0 Å². The van der Waals surface area contributed by atoms with Gasteiger partial charge in [0.15, 0.2) is 0 Å². The highest BCUT2D eigenvalue weighted by Crippen LogP contribution is 2.10. The van der Waals surface area contributed by atoms with Gasteiger partial charge < -0.3 is 5.73 Å². The number of rotatable bonds is 7. The van der Waals surface area contributed by atoms with Crippen LogP contribution in [-0.4, -0.2) is 22.1 Å². The van der Waals surface area contributed by atoms with E-state index in [1.54, 1.807) is 0 Å². The van der Waals surface area contributed by atoms with Gasteiger partial charge >= 0.3 is 0 Å². The Morgan fingerprint density at radius 2 is 2.24 bits per heavy atom. The maximum absolute atomic E-state index is 11.9. The summed E-state index contributed by atoms with van der Waals surface area (Å²) in [6, 6.07) is 2.04. The topological polar surface area (TPSA) is 60.9 Å². The fraction of sp³-hybridized carbons (Fsp3) is 0.692. The molecule has 0 aromatic carbocycles. The molecule has 0 amide bonds. The van der Waals surface area contributed by atoms with Gasteiger partial charge in [0.25, 0.3) is 0 Å². The van der Waals surface area contributed by atoms with Gasteiger partial charge in [-0.1, -0.05) is 13.8 Å². The van der Waals surface area contributed by atoms with Crippen molar-refractivity contribution in [1.29, 1.82) is 0 Å². The first-order valence-corrected chi connectivity index (χ1v) is 6.38. The van der Waals surface area contributed by atoms with Crippen molar-refractivity contribution in [3.8, 4) is 0 Å². The Morgan fingerprint density at radius 1 is 1.53 bits per heavy atom. The molecule has 0 bridgehead atoms. The van der Waals surface area contributed by atoms with Crippen molar-refractivity contribution < 1.29 is 4.79 Å². The van der Waals surface area contributed by atoms with Gasteiger partial charge in [-0.15, -0.1) is 0 Å². The molecule has 0 aliphatic heterocycles. The summed E-state index contributed by atoms with van der Waals surface area (Å²) in [6.07, 6.45) is 1.95. The van der Waals surface area contributed by atoms with Crippen LogP contribution in [0.2, 0.25) is 0 Å². The van der Waals surface area contributed by atoms with Crippen LogP contribution >= 0.6 is 0 Å². The summed E-state index contributed by atoms with van der Waals surface area (Å²) in [5.74, 6) is 0.520. The van der Waals surface area contributed by atoms with Crippen molar-refractivity contribution in [1.82, 2.24) is 9.78 Å². The average molecular weight is 237 g/mol. The molecule has 0 fully saturated rings. The van der Waals surface area contributed by atoms with Gasteiger partial charge in [0, 0.05) is 25.1 Å². The Morgan fingerprint density at radius 3 is 2.76 bits per heavy atom. The number of nitrogens with two attached hydrogens (primary N) is 1. The van der Waals surface area contributed by atoms with Crippen LogP contribution in [0.5, 0.6) is 0 Å². The summed E-state index contributed by atoms with van der Waals surface area (Å²) in [7, 11) is 0. The molecule has 0 aliphatic carbocycles. The lowest BCUT2D eigenvalue weighted by Gasteiger charge is -2.07. The molecule has 4 nitrogen and oxygen atoms in total. The minimum absolute atomic E-state index is 0.250. The summed E-state index contributed by atoms with van der Waals surface area (Å²) >= 11 is 0. The maximum Gasteiger partial charge on any atom is 0.139 e. The molecular weight excluding hydrogens is 214 g/mol. The lowest BCUT2D eigenvalue weighted by atomic mass is 10.0. The minimum atomic E-state index is 0.250. The minimum Gasteiger partial charge on any atom is -0.330 e. The maximum atomic E-state index is 11.9. The van der Waals surface area contributed by atoms with Gasteiger partial charge in [-0.2, -0.15) is 5.10 Å². The SMILES string of the molecule is CCc1cc(CC(=O)CC(C)CN)n(CC)n1. The average Bonchev–Trinajstić information content (AvgIpc) is 2.70. The lowest BCUT2D eigenvalue weighted by Crippen LogP contribution is -2.17. The fourth-order valence-corrected chi connectivity index (χ4v) is 1.85. The molecule has 0 spiro atoms. The summed E-state index contributed by atoms with van der Waals surface area (Å²) in [5, 5.41) is 4.44. The first-order valence-electron chi connectivity index (χ1n) is 6.38. The molecular formula is C13H23N3O. The summed E-state index contributed by atoms with van der Waals surface area (Å²) in [4.78, 5) is 11.9. The second-order valence-corrected chi connectivity index (χ2v) is 4.56. The van der Waals surface area contributed by atoms with Gasteiger partial charge in [-0.05, 0) is 31.9 Å². The van der Waals surface area contributed by atoms with E-state index in [4.69, 9.17) is 5.73 Å². The zero-order valence-electron chi connectivity index (χ0n) is 11.1. The molecule has 1 aromatic rings. The number of Topliss-reactive ketones (excluding diaryl/α,β-unsaturated/α-hetero) is 1. The highest BCUT2D eigenvalue weighted by molar-refractivity contribution is 5.80. The standard InChI is InChI=1S/C13H23N3O/c1-4-11-7-12(16(5-2)15-11)8-13(17)6-10(3)9-14/h7,10H,4-6,8-9,14H2,1-3H3. The van der Waals surface area contributed by atoms with Crippen molar-refractivity contribution >= 4 is 5.78 Å². The Bertz CT molecular complexity index is 371. The van der Waals surface area contributed by atoms with Crippen LogP contribution in [0, 0.1) is 5.92 Å². The number of carbonyl (C=O) groups excluding carboxylic acids is 1. The predicted molar refractivity (Wildman–Crippen MR) is 68.8 cm³/mol. The normalized spacial score (nSPS) is 12.7. The van der Waals surface area contributed by atoms with Crippen molar-refractivity contribution in [2.24, 2.45) is 11.7 Å². The van der Waals surface area contributed by atoms with E-state index in [1.807, 2.05) is 24.6 Å². The number of aromatic nitrogens is 2. The quantitative estimate of drug-likeness (QED) is 0.783. The second kappa shape index (κ2) is 6.55. The van der Waals surface area contributed by atoms with Crippen LogP contribution < -0.4 is 5.73 Å². The molecule has 1 rings (SSSR count). The molecule has 1 heterocycles. The van der Waals surface area contributed by atoms with Crippen LogP contribution in [0.4, 0.5) is 0 Å². The van der Waals surface area contributed by atoms with E-state index in [-0.39, 0.29) is 11.7 Å². The highest BCUT2D eigenvalue weighted by atomic mass is 16.1. The number of carbonyl (C=O) groups is 1. The molecule has 1 atom stereocenters. The fourth-order valence-electron chi connectivity index (χ4n) is 1.85. The third-order valence-electron chi connectivity index (χ3n) is 2.93. The molecule has 96 valence electrons. The molecule has 0 saturated carbocycles. The monoisotopic (exact) mass is 237 g/mol. The number of aryl methyl sites for hydroxylation is 2. The first kappa shape index (κ1) is 13.9. The Hall–Kier alpha value is -1.16. The molecule has 0 saturated heterocycles. The van der Waals surface area contributed by atoms with E-state index in [0.717, 1.165) is 24.4 Å². The summed E-state index contributed by atoms with van der Waals surface area (Å²) in [6.45, 7) is 7.51. The Kier molecular flexibility index (Phi) is 5.35. The molecule has 0 radical (unpaired) electrons. The van der Waals surface area contributed by atoms with E-state index in [0.29, 0.717) is 19.4 Å². The van der Waals surface area contributed by atoms with Crippen molar-refractivity contribution in [2.45, 2.75) is 46.6 Å². The zero-order valence-corrected chi connectivity index (χ0v) is 11.1. The van der Waals surface area contributed by atoms with Crippen LogP contribution in [0.15, 0.2) is 6.07 Å². The number of hydrogen-bond donors (Lipinski definition) is 1. The smallest absolute Gasteiger partial charge is 0.139 e. The summed E-state index contributed by atoms with van der Waals surface area (Å²) < 4.78 is 1.92. The van der Waals surface area contributed by atoms with Crippen molar-refractivity contribution in [3.63, 3.8) is 0 Å². The van der Waals surface area contributed by atoms with Crippen molar-refractivity contribution in [2.75, 3.05) is 6.54 Å². The van der Waals surface area contributed by atoms with Gasteiger partial charge in [-0.3, -0.25) is 9.48 Å². The third kappa shape index (κ3) is 3.97. The lowest BCUT2D eigenvalue weighted by molar-refractivity contribution is -0.119. The highest BCUT2D eigenvalue weighted by Gasteiger charge is 2.12. The van der Waals surface area contributed by atoms with Crippen LogP contribution in [0.25, 0.3) is 0 Å². The van der Waals surface area contributed by atoms with E-state index in [9.17, 15) is 4.79 Å². The number of ketones is 1. The van der Waals surface area contributed by atoms with E-state index >= 15 is 0 Å².